The maximum atomic E-state index is 9.10. The van der Waals surface area contributed by atoms with Gasteiger partial charge in [-0.15, -0.1) is 0 Å². The van der Waals surface area contributed by atoms with Gasteiger partial charge in [-0.05, 0) is 39.2 Å². The number of benzene rings is 1. The second-order valence-corrected chi connectivity index (χ2v) is 5.74. The summed E-state index contributed by atoms with van der Waals surface area (Å²) in [6.07, 6.45) is 0.902. The van der Waals surface area contributed by atoms with Gasteiger partial charge in [0, 0.05) is 23.9 Å². The van der Waals surface area contributed by atoms with Crippen molar-refractivity contribution < 1.29 is 24.3 Å². The van der Waals surface area contributed by atoms with Gasteiger partial charge in [0.05, 0.1) is 11.2 Å². The molecule has 0 saturated heterocycles. The summed E-state index contributed by atoms with van der Waals surface area (Å²) in [6.45, 7) is 2.77. The van der Waals surface area contributed by atoms with Crippen LogP contribution in [0.1, 0.15) is 11.5 Å². The number of aryl methyl sites for hydroxylation is 1. The Bertz CT molecular complexity index is 903. The predicted octanol–water partition coefficient (Wildman–Crippen LogP) is 1.18. The van der Waals surface area contributed by atoms with E-state index in [1.807, 2.05) is 19.1 Å². The van der Waals surface area contributed by atoms with Gasteiger partial charge in [-0.25, -0.2) is 9.59 Å². The lowest BCUT2D eigenvalue weighted by atomic mass is 10.1. The summed E-state index contributed by atoms with van der Waals surface area (Å²) in [5.74, 6) is -2.46. The Labute approximate surface area is 148 Å². The first-order valence-electron chi connectivity index (χ1n) is 7.66. The average molecular weight is 361 g/mol. The Morgan fingerprint density at radius 3 is 2.46 bits per heavy atom. The molecule has 1 aromatic carbocycles. The molecular weight excluding hydrogens is 342 g/mol. The van der Waals surface area contributed by atoms with Crippen molar-refractivity contribution in [1.82, 2.24) is 25.2 Å². The third-order valence-corrected chi connectivity index (χ3v) is 3.40. The lowest BCUT2D eigenvalue weighted by Gasteiger charge is -2.07. The Kier molecular flexibility index (Phi) is 6.02. The zero-order valence-corrected chi connectivity index (χ0v) is 14.6. The van der Waals surface area contributed by atoms with Crippen molar-refractivity contribution in [2.24, 2.45) is 0 Å². The minimum Gasteiger partial charge on any atom is -0.473 e. The highest BCUT2D eigenvalue weighted by molar-refractivity contribution is 6.27. The second-order valence-electron chi connectivity index (χ2n) is 5.74. The monoisotopic (exact) mass is 361 g/mol. The maximum Gasteiger partial charge on any atom is 0.414 e. The van der Waals surface area contributed by atoms with Crippen molar-refractivity contribution in [3.63, 3.8) is 0 Å². The summed E-state index contributed by atoms with van der Waals surface area (Å²) in [7, 11) is 4.11. The van der Waals surface area contributed by atoms with Gasteiger partial charge in [-0.1, -0.05) is 5.16 Å². The molecule has 0 atom stereocenters. The lowest BCUT2D eigenvalue weighted by molar-refractivity contribution is -0.159. The molecule has 0 spiro atoms. The Balaban J connectivity index is 0.000000352. The highest BCUT2D eigenvalue weighted by Gasteiger charge is 2.11. The van der Waals surface area contributed by atoms with E-state index < -0.39 is 11.9 Å². The molecule has 0 saturated carbocycles. The van der Waals surface area contributed by atoms with Crippen molar-refractivity contribution in [2.45, 2.75) is 13.3 Å². The average Bonchev–Trinajstić information content (AvgIpc) is 3.19. The number of carboxylic acids is 2. The fourth-order valence-corrected chi connectivity index (χ4v) is 2.14. The van der Waals surface area contributed by atoms with E-state index in [9.17, 15) is 0 Å². The van der Waals surface area contributed by atoms with Crippen LogP contribution in [0.15, 0.2) is 22.7 Å². The number of hydrogen-bond donors (Lipinski definition) is 3. The van der Waals surface area contributed by atoms with Gasteiger partial charge < -0.3 is 19.6 Å². The van der Waals surface area contributed by atoms with Crippen molar-refractivity contribution >= 4 is 22.8 Å². The highest BCUT2D eigenvalue weighted by Crippen LogP contribution is 2.24. The van der Waals surface area contributed by atoms with Crippen molar-refractivity contribution in [3.8, 4) is 11.5 Å². The fourth-order valence-electron chi connectivity index (χ4n) is 2.14. The number of nitrogens with one attached hydrogen (secondary N) is 1. The molecule has 0 aliphatic rings. The third-order valence-electron chi connectivity index (χ3n) is 3.40. The largest absolute Gasteiger partial charge is 0.473 e. The smallest absolute Gasteiger partial charge is 0.414 e. The summed E-state index contributed by atoms with van der Waals surface area (Å²) in [4.78, 5) is 24.6. The van der Waals surface area contributed by atoms with E-state index in [4.69, 9.17) is 24.3 Å². The van der Waals surface area contributed by atoms with Crippen molar-refractivity contribution in [3.05, 3.63) is 29.7 Å². The number of carboxylic acid groups (broad SMARTS) is 2. The standard InChI is InChI=1S/C14H17N5O.C2H2O4/c1-9-15-14(20-18-9)10-4-5-12-11(8-10)13(17-16-12)6-7-19(2)3;3-1(4)2(5)6/h4-5,8H,6-7H2,1-3H3,(H,16,17);(H,3,4)(H,5,6). The number of rotatable bonds is 4. The van der Waals surface area contributed by atoms with Crippen LogP contribution in [0.5, 0.6) is 0 Å². The number of carbonyl (C=O) groups is 2. The highest BCUT2D eigenvalue weighted by atomic mass is 16.5. The van der Waals surface area contributed by atoms with Gasteiger partial charge in [0.2, 0.25) is 0 Å². The van der Waals surface area contributed by atoms with Crippen LogP contribution in [-0.4, -0.2) is 68.0 Å². The quantitative estimate of drug-likeness (QED) is 0.583. The van der Waals surface area contributed by atoms with Crippen LogP contribution in [0.3, 0.4) is 0 Å². The molecule has 0 amide bonds. The Morgan fingerprint density at radius 1 is 1.23 bits per heavy atom. The number of H-pyrrole nitrogens is 1. The number of aromatic amines is 1. The van der Waals surface area contributed by atoms with Crippen molar-refractivity contribution in [2.75, 3.05) is 20.6 Å². The zero-order chi connectivity index (χ0) is 19.3. The number of aromatic nitrogens is 4. The first kappa shape index (κ1) is 19.1. The number of likely N-dealkylation sites (N-methyl/N-ethyl adjacent to an activating group) is 1. The molecule has 3 N–H and O–H groups in total. The molecule has 2 aromatic heterocycles. The van der Waals surface area contributed by atoms with E-state index in [0.717, 1.165) is 35.1 Å². The van der Waals surface area contributed by atoms with E-state index in [-0.39, 0.29) is 0 Å². The Morgan fingerprint density at radius 2 is 1.92 bits per heavy atom. The number of nitrogens with zero attached hydrogens (tertiary/aromatic N) is 4. The summed E-state index contributed by atoms with van der Waals surface area (Å²) in [5, 5.41) is 27.2. The molecule has 0 unspecified atom stereocenters. The van der Waals surface area contributed by atoms with Crippen LogP contribution in [0.4, 0.5) is 0 Å². The van der Waals surface area contributed by atoms with Gasteiger partial charge in [-0.3, -0.25) is 5.10 Å². The number of aliphatic carboxylic acids is 2. The van der Waals surface area contributed by atoms with Crippen LogP contribution in [0, 0.1) is 6.92 Å². The molecule has 0 radical (unpaired) electrons. The van der Waals surface area contributed by atoms with Crippen molar-refractivity contribution in [1.29, 1.82) is 0 Å². The fraction of sp³-hybridized carbons (Fsp3) is 0.312. The SMILES string of the molecule is Cc1noc(-c2ccc3[nH]nc(CCN(C)C)c3c2)n1.O=C(O)C(=O)O. The van der Waals surface area contributed by atoms with Gasteiger partial charge in [0.1, 0.15) is 0 Å². The van der Waals surface area contributed by atoms with E-state index >= 15 is 0 Å². The summed E-state index contributed by atoms with van der Waals surface area (Å²) in [6, 6.07) is 6.01. The van der Waals surface area contributed by atoms with Crippen LogP contribution < -0.4 is 0 Å². The molecule has 10 nitrogen and oxygen atoms in total. The van der Waals surface area contributed by atoms with Gasteiger partial charge in [0.15, 0.2) is 5.82 Å². The molecule has 2 heterocycles. The molecule has 0 bridgehead atoms. The molecule has 138 valence electrons. The van der Waals surface area contributed by atoms with Crippen LogP contribution in [0.2, 0.25) is 0 Å². The van der Waals surface area contributed by atoms with Gasteiger partial charge >= 0.3 is 11.9 Å². The summed E-state index contributed by atoms with van der Waals surface area (Å²) >= 11 is 0. The lowest BCUT2D eigenvalue weighted by Crippen LogP contribution is -2.15. The van der Waals surface area contributed by atoms with Crippen LogP contribution >= 0.6 is 0 Å². The third kappa shape index (κ3) is 4.86. The molecule has 3 aromatic rings. The summed E-state index contributed by atoms with van der Waals surface area (Å²) in [5.41, 5.74) is 3.01. The molecule has 26 heavy (non-hydrogen) atoms. The zero-order valence-electron chi connectivity index (χ0n) is 14.6. The predicted molar refractivity (Wildman–Crippen MR) is 91.7 cm³/mol. The Hall–Kier alpha value is -3.27. The summed E-state index contributed by atoms with van der Waals surface area (Å²) < 4.78 is 5.21. The van der Waals surface area contributed by atoms with Crippen LogP contribution in [-0.2, 0) is 16.0 Å². The minimum absolute atomic E-state index is 0.546. The molecule has 0 fully saturated rings. The maximum absolute atomic E-state index is 9.10. The first-order chi connectivity index (χ1) is 12.3. The van der Waals surface area contributed by atoms with Gasteiger partial charge in [0.25, 0.3) is 5.89 Å². The molecule has 3 rings (SSSR count). The van der Waals surface area contributed by atoms with E-state index in [1.165, 1.54) is 0 Å². The topological polar surface area (TPSA) is 145 Å². The normalized spacial score (nSPS) is 10.6. The first-order valence-corrected chi connectivity index (χ1v) is 7.66. The van der Waals surface area contributed by atoms with E-state index in [0.29, 0.717) is 11.7 Å². The molecular formula is C16H19N5O5. The molecule has 0 aliphatic heterocycles. The van der Waals surface area contributed by atoms with Crippen LogP contribution in [0.25, 0.3) is 22.4 Å². The molecule has 10 heteroatoms. The van der Waals surface area contributed by atoms with Gasteiger partial charge in [-0.2, -0.15) is 10.1 Å². The second kappa shape index (κ2) is 8.21. The number of fused-ring (bicyclic) bond motifs is 1. The molecule has 0 aliphatic carbocycles. The number of hydrogen-bond acceptors (Lipinski definition) is 7. The minimum atomic E-state index is -1.82. The van der Waals surface area contributed by atoms with E-state index in [2.05, 4.69) is 45.4 Å². The van der Waals surface area contributed by atoms with E-state index in [1.54, 1.807) is 0 Å².